The van der Waals surface area contributed by atoms with E-state index in [1.165, 1.54) is 12.5 Å². The molecule has 124 valence electrons. The first-order valence-electron chi connectivity index (χ1n) is 7.43. The van der Waals surface area contributed by atoms with Crippen molar-refractivity contribution in [2.75, 3.05) is 13.6 Å². The molecule has 0 aromatic heterocycles. The van der Waals surface area contributed by atoms with Crippen LogP contribution in [-0.2, 0) is 4.79 Å². The molecule has 1 saturated heterocycles. The molecule has 1 heterocycles. The van der Waals surface area contributed by atoms with Gasteiger partial charge in [0, 0.05) is 19.5 Å². The minimum atomic E-state index is -0.879. The second-order valence-electron chi connectivity index (χ2n) is 5.69. The average molecular weight is 333 g/mol. The van der Waals surface area contributed by atoms with Crippen LogP contribution in [-0.4, -0.2) is 30.4 Å². The molecule has 1 fully saturated rings. The number of halogens is 3. The van der Waals surface area contributed by atoms with Crippen molar-refractivity contribution in [3.63, 3.8) is 0 Å². The van der Waals surface area contributed by atoms with Gasteiger partial charge in [-0.25, -0.2) is 8.78 Å². The number of carbonyl (C=O) groups excluding carboxylic acids is 1. The molecule has 0 radical (unpaired) electrons. The van der Waals surface area contributed by atoms with E-state index < -0.39 is 11.6 Å². The van der Waals surface area contributed by atoms with Crippen LogP contribution >= 0.6 is 12.4 Å². The van der Waals surface area contributed by atoms with Crippen molar-refractivity contribution in [1.29, 1.82) is 0 Å². The van der Waals surface area contributed by atoms with Gasteiger partial charge < -0.3 is 10.2 Å². The monoisotopic (exact) mass is 332 g/mol. The predicted molar refractivity (Wildman–Crippen MR) is 85.0 cm³/mol. The Morgan fingerprint density at radius 2 is 2.14 bits per heavy atom. The Morgan fingerprint density at radius 1 is 1.41 bits per heavy atom. The zero-order valence-corrected chi connectivity index (χ0v) is 13.8. The first-order valence-corrected chi connectivity index (χ1v) is 7.43. The quantitative estimate of drug-likeness (QED) is 0.896. The highest BCUT2D eigenvalue weighted by atomic mass is 35.5. The molecule has 3 nitrogen and oxygen atoms in total. The molecular weight excluding hydrogens is 310 g/mol. The highest BCUT2D eigenvalue weighted by Crippen LogP contribution is 2.22. The van der Waals surface area contributed by atoms with Gasteiger partial charge in [0.05, 0.1) is 6.04 Å². The van der Waals surface area contributed by atoms with Crippen molar-refractivity contribution in [3.8, 4) is 0 Å². The van der Waals surface area contributed by atoms with E-state index in [0.717, 1.165) is 31.5 Å². The Hall–Kier alpha value is -1.20. The molecule has 1 aliphatic rings. The summed E-state index contributed by atoms with van der Waals surface area (Å²) in [5, 5.41) is 3.36. The summed E-state index contributed by atoms with van der Waals surface area (Å²) in [7, 11) is 1.70. The zero-order valence-electron chi connectivity index (χ0n) is 12.9. The molecule has 2 unspecified atom stereocenters. The van der Waals surface area contributed by atoms with Crippen LogP contribution in [0.25, 0.3) is 0 Å². The zero-order chi connectivity index (χ0) is 15.4. The standard InChI is InChI=1S/C16H22F2N2O.ClH/c1-11(12-5-7-14(17)15(18)10-12)20(2)16(21)8-6-13-4-3-9-19-13;/h5,7,10-11,13,19H,3-4,6,8-9H2,1-2H3;1H. The fraction of sp³-hybridized carbons (Fsp3) is 0.562. The van der Waals surface area contributed by atoms with Crippen molar-refractivity contribution >= 4 is 18.3 Å². The van der Waals surface area contributed by atoms with Gasteiger partial charge in [-0.2, -0.15) is 0 Å². The molecule has 2 rings (SSSR count). The second-order valence-corrected chi connectivity index (χ2v) is 5.69. The van der Waals surface area contributed by atoms with Gasteiger partial charge in [-0.05, 0) is 50.4 Å². The maximum Gasteiger partial charge on any atom is 0.222 e. The third-order valence-corrected chi connectivity index (χ3v) is 4.27. The van der Waals surface area contributed by atoms with Crippen LogP contribution < -0.4 is 5.32 Å². The van der Waals surface area contributed by atoms with Crippen LogP contribution in [0.1, 0.15) is 44.2 Å². The van der Waals surface area contributed by atoms with E-state index in [4.69, 9.17) is 0 Å². The molecule has 1 aromatic carbocycles. The maximum absolute atomic E-state index is 13.3. The van der Waals surface area contributed by atoms with E-state index in [2.05, 4.69) is 5.32 Å². The molecule has 1 N–H and O–H groups in total. The van der Waals surface area contributed by atoms with E-state index in [-0.39, 0.29) is 24.4 Å². The summed E-state index contributed by atoms with van der Waals surface area (Å²) in [6.45, 7) is 2.85. The van der Waals surface area contributed by atoms with Crippen LogP contribution in [0, 0.1) is 11.6 Å². The van der Waals surface area contributed by atoms with E-state index in [1.807, 2.05) is 6.92 Å². The van der Waals surface area contributed by atoms with Crippen LogP contribution in [0.2, 0.25) is 0 Å². The number of amides is 1. The maximum atomic E-state index is 13.3. The first-order chi connectivity index (χ1) is 9.99. The number of rotatable bonds is 5. The van der Waals surface area contributed by atoms with Gasteiger partial charge in [0.2, 0.25) is 5.91 Å². The Balaban J connectivity index is 0.00000242. The molecular formula is C16H23ClF2N2O. The van der Waals surface area contributed by atoms with Gasteiger partial charge >= 0.3 is 0 Å². The van der Waals surface area contributed by atoms with Crippen molar-refractivity contribution in [2.45, 2.75) is 44.7 Å². The highest BCUT2D eigenvalue weighted by molar-refractivity contribution is 5.85. The summed E-state index contributed by atoms with van der Waals surface area (Å²) < 4.78 is 26.2. The number of nitrogens with zero attached hydrogens (tertiary/aromatic N) is 1. The lowest BCUT2D eigenvalue weighted by Gasteiger charge is -2.26. The topological polar surface area (TPSA) is 32.3 Å². The van der Waals surface area contributed by atoms with Gasteiger partial charge in [0.25, 0.3) is 0 Å². The molecule has 0 spiro atoms. The van der Waals surface area contributed by atoms with Gasteiger partial charge in [-0.3, -0.25) is 4.79 Å². The van der Waals surface area contributed by atoms with Gasteiger partial charge in [0.15, 0.2) is 11.6 Å². The smallest absolute Gasteiger partial charge is 0.222 e. The van der Waals surface area contributed by atoms with Crippen molar-refractivity contribution in [2.24, 2.45) is 0 Å². The molecule has 6 heteroatoms. The Labute approximate surface area is 136 Å². The molecule has 1 aromatic rings. The summed E-state index contributed by atoms with van der Waals surface area (Å²) in [6.07, 6.45) is 3.59. The molecule has 0 aliphatic carbocycles. The number of carbonyl (C=O) groups is 1. The lowest BCUT2D eigenvalue weighted by atomic mass is 10.1. The molecule has 22 heavy (non-hydrogen) atoms. The summed E-state index contributed by atoms with van der Waals surface area (Å²) >= 11 is 0. The third-order valence-electron chi connectivity index (χ3n) is 4.27. The molecule has 0 bridgehead atoms. The Kier molecular flexibility index (Phi) is 7.23. The minimum Gasteiger partial charge on any atom is -0.339 e. The molecule has 2 atom stereocenters. The van der Waals surface area contributed by atoms with Gasteiger partial charge in [-0.15, -0.1) is 12.4 Å². The van der Waals surface area contributed by atoms with Crippen LogP contribution in [0.5, 0.6) is 0 Å². The van der Waals surface area contributed by atoms with Crippen LogP contribution in [0.3, 0.4) is 0 Å². The van der Waals surface area contributed by atoms with Crippen molar-refractivity contribution in [1.82, 2.24) is 10.2 Å². The van der Waals surface area contributed by atoms with Crippen LogP contribution in [0.4, 0.5) is 8.78 Å². The second kappa shape index (κ2) is 8.44. The summed E-state index contributed by atoms with van der Waals surface area (Å²) in [6, 6.07) is 3.93. The minimum absolute atomic E-state index is 0. The first kappa shape index (κ1) is 18.8. The molecule has 1 aliphatic heterocycles. The number of hydrogen-bond donors (Lipinski definition) is 1. The number of nitrogens with one attached hydrogen (secondary N) is 1. The van der Waals surface area contributed by atoms with E-state index in [9.17, 15) is 13.6 Å². The number of benzene rings is 1. The Bertz CT molecular complexity index is 507. The van der Waals surface area contributed by atoms with E-state index >= 15 is 0 Å². The van der Waals surface area contributed by atoms with Gasteiger partial charge in [0.1, 0.15) is 0 Å². The SMILES string of the molecule is CC(c1ccc(F)c(F)c1)N(C)C(=O)CCC1CCCN1.Cl. The number of hydrogen-bond acceptors (Lipinski definition) is 2. The summed E-state index contributed by atoms with van der Waals surface area (Å²) in [5.74, 6) is -1.72. The normalized spacial score (nSPS) is 18.6. The Morgan fingerprint density at radius 3 is 2.73 bits per heavy atom. The summed E-state index contributed by atoms with van der Waals surface area (Å²) in [4.78, 5) is 13.8. The largest absolute Gasteiger partial charge is 0.339 e. The fourth-order valence-electron chi connectivity index (χ4n) is 2.69. The third kappa shape index (κ3) is 4.65. The van der Waals surface area contributed by atoms with Crippen LogP contribution in [0.15, 0.2) is 18.2 Å². The van der Waals surface area contributed by atoms with Crippen molar-refractivity contribution in [3.05, 3.63) is 35.4 Å². The van der Waals surface area contributed by atoms with E-state index in [1.54, 1.807) is 11.9 Å². The highest BCUT2D eigenvalue weighted by Gasteiger charge is 2.21. The lowest BCUT2D eigenvalue weighted by molar-refractivity contribution is -0.132. The molecule has 1 amide bonds. The predicted octanol–water partition coefficient (Wildman–Crippen LogP) is 3.44. The fourth-order valence-corrected chi connectivity index (χ4v) is 2.69. The van der Waals surface area contributed by atoms with Gasteiger partial charge in [-0.1, -0.05) is 6.07 Å². The molecule has 0 saturated carbocycles. The van der Waals surface area contributed by atoms with E-state index in [0.29, 0.717) is 18.0 Å². The lowest BCUT2D eigenvalue weighted by Crippen LogP contribution is -2.31. The summed E-state index contributed by atoms with van der Waals surface area (Å²) in [5.41, 5.74) is 0.601. The average Bonchev–Trinajstić information content (AvgIpc) is 2.99. The van der Waals surface area contributed by atoms with Crippen molar-refractivity contribution < 1.29 is 13.6 Å².